The van der Waals surface area contributed by atoms with Gasteiger partial charge < -0.3 is 25.6 Å². The summed E-state index contributed by atoms with van der Waals surface area (Å²) in [5, 5.41) is 8.79. The smallest absolute Gasteiger partial charge is 0.319 e. The van der Waals surface area contributed by atoms with Crippen molar-refractivity contribution < 1.29 is 14.3 Å². The number of rotatable bonds is 8. The van der Waals surface area contributed by atoms with Crippen molar-refractivity contribution in [3.63, 3.8) is 0 Å². The van der Waals surface area contributed by atoms with Gasteiger partial charge in [0.15, 0.2) is 0 Å². The lowest BCUT2D eigenvalue weighted by molar-refractivity contribution is 0.0951. The topological polar surface area (TPSA) is 82.7 Å². The lowest BCUT2D eigenvalue weighted by Crippen LogP contribution is -2.30. The number of benzene rings is 3. The van der Waals surface area contributed by atoms with E-state index in [1.807, 2.05) is 66.7 Å². The van der Waals surface area contributed by atoms with Crippen LogP contribution in [-0.4, -0.2) is 32.1 Å². The molecule has 1 heterocycles. The summed E-state index contributed by atoms with van der Waals surface area (Å²) < 4.78 is 5.17. The molecule has 3 aromatic rings. The minimum absolute atomic E-state index is 0.198. The predicted molar refractivity (Wildman–Crippen MR) is 134 cm³/mol. The van der Waals surface area contributed by atoms with Gasteiger partial charge in [-0.25, -0.2) is 4.79 Å². The van der Waals surface area contributed by atoms with Gasteiger partial charge in [-0.3, -0.25) is 4.79 Å². The highest BCUT2D eigenvalue weighted by Crippen LogP contribution is 2.30. The molecule has 3 amide bonds. The van der Waals surface area contributed by atoms with Crippen molar-refractivity contribution in [2.24, 2.45) is 0 Å². The number of amides is 3. The Balaban J connectivity index is 1.44. The van der Waals surface area contributed by atoms with E-state index in [0.717, 1.165) is 48.5 Å². The zero-order chi connectivity index (χ0) is 23.8. The monoisotopic (exact) mass is 458 g/mol. The van der Waals surface area contributed by atoms with E-state index >= 15 is 0 Å². The fraction of sp³-hybridized carbons (Fsp3) is 0.259. The van der Waals surface area contributed by atoms with Gasteiger partial charge in [-0.05, 0) is 54.3 Å². The van der Waals surface area contributed by atoms with Gasteiger partial charge in [-0.15, -0.1) is 0 Å². The van der Waals surface area contributed by atoms with Crippen LogP contribution in [0.5, 0.6) is 5.75 Å². The molecule has 0 aliphatic carbocycles. The van der Waals surface area contributed by atoms with Crippen LogP contribution in [0.15, 0.2) is 72.8 Å². The first kappa shape index (κ1) is 23.2. The predicted octanol–water partition coefficient (Wildman–Crippen LogP) is 4.55. The molecule has 1 aliphatic heterocycles. The molecule has 0 aromatic heterocycles. The van der Waals surface area contributed by atoms with Crippen LogP contribution in [0.2, 0.25) is 0 Å². The lowest BCUT2D eigenvalue weighted by atomic mass is 10.1. The number of urea groups is 1. The molecule has 7 nitrogen and oxygen atoms in total. The van der Waals surface area contributed by atoms with Crippen molar-refractivity contribution in [2.45, 2.75) is 25.9 Å². The first-order valence-electron chi connectivity index (χ1n) is 11.5. The van der Waals surface area contributed by atoms with E-state index in [-0.39, 0.29) is 11.9 Å². The number of anilines is 2. The number of methoxy groups -OCH3 is 1. The summed E-state index contributed by atoms with van der Waals surface area (Å²) in [4.78, 5) is 27.7. The number of carbonyl (C=O) groups is 2. The van der Waals surface area contributed by atoms with Crippen molar-refractivity contribution in [1.82, 2.24) is 10.6 Å². The molecule has 3 N–H and O–H groups in total. The van der Waals surface area contributed by atoms with Crippen LogP contribution < -0.4 is 25.6 Å². The quantitative estimate of drug-likeness (QED) is 0.463. The van der Waals surface area contributed by atoms with E-state index in [9.17, 15) is 9.59 Å². The first-order chi connectivity index (χ1) is 16.6. The Morgan fingerprint density at radius 2 is 1.53 bits per heavy atom. The maximum absolute atomic E-state index is 12.8. The third-order valence-electron chi connectivity index (χ3n) is 5.86. The number of hydrogen-bond donors (Lipinski definition) is 3. The van der Waals surface area contributed by atoms with Crippen molar-refractivity contribution in [3.05, 3.63) is 89.5 Å². The zero-order valence-corrected chi connectivity index (χ0v) is 19.3. The average molecular weight is 459 g/mol. The second-order valence-electron chi connectivity index (χ2n) is 8.25. The molecule has 4 rings (SSSR count). The van der Waals surface area contributed by atoms with E-state index < -0.39 is 0 Å². The van der Waals surface area contributed by atoms with E-state index in [4.69, 9.17) is 4.74 Å². The van der Waals surface area contributed by atoms with Crippen LogP contribution in [0.3, 0.4) is 0 Å². The molecule has 0 unspecified atom stereocenters. The van der Waals surface area contributed by atoms with Gasteiger partial charge in [0.25, 0.3) is 5.91 Å². The molecule has 0 atom stereocenters. The summed E-state index contributed by atoms with van der Waals surface area (Å²) >= 11 is 0. The van der Waals surface area contributed by atoms with E-state index in [1.54, 1.807) is 13.2 Å². The minimum atomic E-state index is -0.305. The minimum Gasteiger partial charge on any atom is -0.497 e. The van der Waals surface area contributed by atoms with Gasteiger partial charge in [0.05, 0.1) is 18.5 Å². The molecule has 34 heavy (non-hydrogen) atoms. The molecule has 176 valence electrons. The summed E-state index contributed by atoms with van der Waals surface area (Å²) in [5.41, 5.74) is 4.05. The molecule has 1 saturated heterocycles. The molecule has 1 fully saturated rings. The third kappa shape index (κ3) is 6.07. The fourth-order valence-electron chi connectivity index (χ4n) is 3.98. The van der Waals surface area contributed by atoms with Crippen LogP contribution in [-0.2, 0) is 13.1 Å². The normalized spacial score (nSPS) is 12.8. The number of carbonyl (C=O) groups excluding carboxylic acids is 2. The Labute approximate surface area is 200 Å². The van der Waals surface area contributed by atoms with E-state index in [0.29, 0.717) is 24.3 Å². The Hall–Kier alpha value is -4.00. The van der Waals surface area contributed by atoms with Crippen LogP contribution in [0.4, 0.5) is 16.2 Å². The summed E-state index contributed by atoms with van der Waals surface area (Å²) in [5.74, 6) is 0.574. The van der Waals surface area contributed by atoms with Gasteiger partial charge in [0.1, 0.15) is 5.75 Å². The van der Waals surface area contributed by atoms with Gasteiger partial charge in [0, 0.05) is 31.7 Å². The molecule has 7 heteroatoms. The first-order valence-corrected chi connectivity index (χ1v) is 11.5. The number of hydrogen-bond acceptors (Lipinski definition) is 4. The number of nitrogens with zero attached hydrogens (tertiary/aromatic N) is 1. The molecule has 1 aliphatic rings. The number of nitrogens with one attached hydrogen (secondary N) is 3. The summed E-state index contributed by atoms with van der Waals surface area (Å²) in [7, 11) is 1.62. The largest absolute Gasteiger partial charge is 0.497 e. The van der Waals surface area contributed by atoms with Gasteiger partial charge in [0.2, 0.25) is 0 Å². The maximum atomic E-state index is 12.8. The zero-order valence-electron chi connectivity index (χ0n) is 19.3. The molecule has 0 bridgehead atoms. The Kier molecular flexibility index (Phi) is 7.65. The summed E-state index contributed by atoms with van der Waals surface area (Å²) in [6, 6.07) is 22.5. The molecule has 0 saturated carbocycles. The van der Waals surface area contributed by atoms with Crippen LogP contribution in [0, 0.1) is 0 Å². The van der Waals surface area contributed by atoms with Crippen molar-refractivity contribution in [1.29, 1.82) is 0 Å². The molecule has 0 spiro atoms. The highest BCUT2D eigenvalue weighted by Gasteiger charge is 2.19. The van der Waals surface area contributed by atoms with Crippen molar-refractivity contribution >= 4 is 23.3 Å². The SMILES string of the molecule is COc1ccc(CNC(=O)c2ccc(N3CCCC3)c(NC(=O)NCc3ccccc3)c2)cc1. The van der Waals surface area contributed by atoms with Gasteiger partial charge in [-0.2, -0.15) is 0 Å². The Bertz CT molecular complexity index is 1110. The average Bonchev–Trinajstić information content (AvgIpc) is 3.42. The van der Waals surface area contributed by atoms with Crippen molar-refractivity contribution in [2.75, 3.05) is 30.4 Å². The summed E-state index contributed by atoms with van der Waals surface area (Å²) in [6.07, 6.45) is 2.23. The van der Waals surface area contributed by atoms with Crippen molar-refractivity contribution in [3.8, 4) is 5.75 Å². The second-order valence-corrected chi connectivity index (χ2v) is 8.25. The highest BCUT2D eigenvalue weighted by molar-refractivity contribution is 5.99. The Morgan fingerprint density at radius 3 is 2.24 bits per heavy atom. The van der Waals surface area contributed by atoms with E-state index in [1.165, 1.54) is 0 Å². The molecular weight excluding hydrogens is 428 g/mol. The second kappa shape index (κ2) is 11.2. The van der Waals surface area contributed by atoms with Crippen LogP contribution in [0.25, 0.3) is 0 Å². The van der Waals surface area contributed by atoms with Crippen LogP contribution in [0.1, 0.15) is 34.3 Å². The maximum Gasteiger partial charge on any atom is 0.319 e. The molecule has 0 radical (unpaired) electrons. The molecular formula is C27H30N4O3. The van der Waals surface area contributed by atoms with Gasteiger partial charge >= 0.3 is 6.03 Å². The number of ether oxygens (including phenoxy) is 1. The highest BCUT2D eigenvalue weighted by atomic mass is 16.5. The van der Waals surface area contributed by atoms with E-state index in [2.05, 4.69) is 20.9 Å². The van der Waals surface area contributed by atoms with Gasteiger partial charge in [-0.1, -0.05) is 42.5 Å². The fourth-order valence-corrected chi connectivity index (χ4v) is 3.98. The Morgan fingerprint density at radius 1 is 0.853 bits per heavy atom. The van der Waals surface area contributed by atoms with Crippen LogP contribution >= 0.6 is 0 Å². The summed E-state index contributed by atoms with van der Waals surface area (Å²) in [6.45, 7) is 2.69. The third-order valence-corrected chi connectivity index (χ3v) is 5.86. The molecule has 3 aromatic carbocycles. The standard InChI is InChI=1S/C27H30N4O3/c1-34-23-12-9-21(10-13-23)18-28-26(32)22-11-14-25(31-15-5-6-16-31)24(17-22)30-27(33)29-19-20-7-3-2-4-8-20/h2-4,7-14,17H,5-6,15-16,18-19H2,1H3,(H,28,32)(H2,29,30,33). The lowest BCUT2D eigenvalue weighted by Gasteiger charge is -2.22.